The standard InChI is InChI=1S/C28H28N2O2/c1-32-25-14-12-18-7-2-3-8-20(18)26(25)27-22-10-6-9-21(22)23-17-19(11-13-24(23)29-27)28(31)30-15-4-5-16-30/h2-3,6-9,11-14,17,21-22,27,29H,4-5,10,15-16H2,1H3. The molecule has 1 aliphatic carbocycles. The summed E-state index contributed by atoms with van der Waals surface area (Å²) >= 11 is 0. The van der Waals surface area contributed by atoms with Crippen LogP contribution in [0.4, 0.5) is 5.69 Å². The van der Waals surface area contributed by atoms with E-state index in [1.54, 1.807) is 7.11 Å². The lowest BCUT2D eigenvalue weighted by molar-refractivity contribution is 0.0792. The van der Waals surface area contributed by atoms with Crippen molar-refractivity contribution in [2.45, 2.75) is 31.2 Å². The number of hydrogen-bond donors (Lipinski definition) is 1. The average molecular weight is 425 g/mol. The number of carbonyl (C=O) groups is 1. The van der Waals surface area contributed by atoms with Gasteiger partial charge in [-0.15, -0.1) is 0 Å². The number of likely N-dealkylation sites (tertiary alicyclic amines) is 1. The molecule has 3 aliphatic rings. The zero-order chi connectivity index (χ0) is 21.7. The molecule has 4 nitrogen and oxygen atoms in total. The second-order valence-electron chi connectivity index (χ2n) is 9.18. The number of anilines is 1. The Morgan fingerprint density at radius 3 is 2.75 bits per heavy atom. The van der Waals surface area contributed by atoms with Crippen LogP contribution in [0.1, 0.15) is 52.7 Å². The highest BCUT2D eigenvalue weighted by atomic mass is 16.5. The van der Waals surface area contributed by atoms with Gasteiger partial charge in [-0.25, -0.2) is 0 Å². The van der Waals surface area contributed by atoms with Crippen molar-refractivity contribution in [3.63, 3.8) is 0 Å². The van der Waals surface area contributed by atoms with Crippen molar-refractivity contribution in [1.82, 2.24) is 4.90 Å². The van der Waals surface area contributed by atoms with Crippen LogP contribution in [0.25, 0.3) is 10.8 Å². The first kappa shape index (κ1) is 19.4. The number of nitrogens with one attached hydrogen (secondary N) is 1. The van der Waals surface area contributed by atoms with E-state index in [1.807, 2.05) is 11.0 Å². The topological polar surface area (TPSA) is 41.6 Å². The average Bonchev–Trinajstić information content (AvgIpc) is 3.55. The maximum absolute atomic E-state index is 13.0. The molecule has 1 N–H and O–H groups in total. The summed E-state index contributed by atoms with van der Waals surface area (Å²) in [6, 6.07) is 19.1. The molecule has 32 heavy (non-hydrogen) atoms. The summed E-state index contributed by atoms with van der Waals surface area (Å²) < 4.78 is 5.84. The molecule has 2 heterocycles. The van der Waals surface area contributed by atoms with Crippen LogP contribution in [-0.2, 0) is 0 Å². The molecule has 0 radical (unpaired) electrons. The summed E-state index contributed by atoms with van der Waals surface area (Å²) in [6.45, 7) is 1.76. The SMILES string of the molecule is COc1ccc2ccccc2c1C1Nc2ccc(C(=O)N3CCCC3)cc2C2C=CCC21. The van der Waals surface area contributed by atoms with Gasteiger partial charge in [-0.1, -0.05) is 42.5 Å². The monoisotopic (exact) mass is 424 g/mol. The van der Waals surface area contributed by atoms with E-state index in [4.69, 9.17) is 4.74 Å². The molecule has 0 aromatic heterocycles. The molecule has 162 valence electrons. The van der Waals surface area contributed by atoms with Crippen molar-refractivity contribution in [2.75, 3.05) is 25.5 Å². The summed E-state index contributed by atoms with van der Waals surface area (Å²) in [4.78, 5) is 15.0. The molecule has 3 unspecified atom stereocenters. The largest absolute Gasteiger partial charge is 0.496 e. The molecule has 0 spiro atoms. The Kier molecular flexibility index (Phi) is 4.67. The third-order valence-corrected chi connectivity index (χ3v) is 7.46. The second kappa shape index (κ2) is 7.70. The number of ether oxygens (including phenoxy) is 1. The fraction of sp³-hybridized carbons (Fsp3) is 0.321. The molecule has 3 aromatic carbocycles. The van der Waals surface area contributed by atoms with Gasteiger partial charge in [0.2, 0.25) is 0 Å². The van der Waals surface area contributed by atoms with Crippen molar-refractivity contribution >= 4 is 22.4 Å². The van der Waals surface area contributed by atoms with Gasteiger partial charge >= 0.3 is 0 Å². The van der Waals surface area contributed by atoms with Gasteiger partial charge < -0.3 is 15.0 Å². The van der Waals surface area contributed by atoms with E-state index in [0.717, 1.165) is 49.4 Å². The maximum Gasteiger partial charge on any atom is 0.253 e. The van der Waals surface area contributed by atoms with Gasteiger partial charge in [-0.05, 0) is 65.8 Å². The van der Waals surface area contributed by atoms with E-state index < -0.39 is 0 Å². The zero-order valence-electron chi connectivity index (χ0n) is 18.4. The lowest BCUT2D eigenvalue weighted by Crippen LogP contribution is -2.31. The highest BCUT2D eigenvalue weighted by molar-refractivity contribution is 5.95. The number of allylic oxidation sites excluding steroid dienone is 2. The number of fused-ring (bicyclic) bond motifs is 4. The molecule has 4 heteroatoms. The Balaban J connectivity index is 1.43. The summed E-state index contributed by atoms with van der Waals surface area (Å²) in [5.74, 6) is 1.78. The summed E-state index contributed by atoms with van der Waals surface area (Å²) in [7, 11) is 1.75. The van der Waals surface area contributed by atoms with E-state index in [0.29, 0.717) is 11.8 Å². The minimum absolute atomic E-state index is 0.142. The first-order valence-electron chi connectivity index (χ1n) is 11.7. The molecule has 0 saturated carbocycles. The predicted octanol–water partition coefficient (Wildman–Crippen LogP) is 5.91. The van der Waals surface area contributed by atoms with E-state index in [-0.39, 0.29) is 11.9 Å². The Bertz CT molecular complexity index is 1230. The van der Waals surface area contributed by atoms with E-state index in [9.17, 15) is 4.79 Å². The van der Waals surface area contributed by atoms with Crippen LogP contribution in [0.2, 0.25) is 0 Å². The lowest BCUT2D eigenvalue weighted by Gasteiger charge is -2.38. The zero-order valence-corrected chi connectivity index (χ0v) is 18.4. The van der Waals surface area contributed by atoms with Crippen LogP contribution in [0.15, 0.2) is 66.7 Å². The van der Waals surface area contributed by atoms with Crippen LogP contribution < -0.4 is 10.1 Å². The minimum Gasteiger partial charge on any atom is -0.496 e. The van der Waals surface area contributed by atoms with Crippen molar-refractivity contribution < 1.29 is 9.53 Å². The smallest absolute Gasteiger partial charge is 0.253 e. The first-order chi connectivity index (χ1) is 15.7. The molecule has 6 rings (SSSR count). The molecule has 1 saturated heterocycles. The number of methoxy groups -OCH3 is 1. The highest BCUT2D eigenvalue weighted by Gasteiger charge is 2.40. The number of carbonyl (C=O) groups excluding carboxylic acids is 1. The number of nitrogens with zero attached hydrogens (tertiary/aromatic N) is 1. The van der Waals surface area contributed by atoms with Gasteiger partial charge in [0.1, 0.15) is 5.75 Å². The molecular weight excluding hydrogens is 396 g/mol. The third-order valence-electron chi connectivity index (χ3n) is 7.46. The van der Waals surface area contributed by atoms with Gasteiger partial charge in [0.15, 0.2) is 0 Å². The van der Waals surface area contributed by atoms with E-state index >= 15 is 0 Å². The number of amides is 1. The summed E-state index contributed by atoms with van der Waals surface area (Å²) in [6.07, 6.45) is 7.86. The number of benzene rings is 3. The molecule has 1 fully saturated rings. The van der Waals surface area contributed by atoms with Crippen LogP contribution >= 0.6 is 0 Å². The quantitative estimate of drug-likeness (QED) is 0.532. The van der Waals surface area contributed by atoms with Gasteiger partial charge in [-0.3, -0.25) is 4.79 Å². The predicted molar refractivity (Wildman–Crippen MR) is 128 cm³/mol. The van der Waals surface area contributed by atoms with Crippen molar-refractivity contribution in [3.05, 3.63) is 83.4 Å². The number of rotatable bonds is 3. The summed E-state index contributed by atoms with van der Waals surface area (Å²) in [5.41, 5.74) is 4.40. The molecule has 0 bridgehead atoms. The van der Waals surface area contributed by atoms with Gasteiger partial charge in [0.25, 0.3) is 5.91 Å². The fourth-order valence-electron chi connectivity index (χ4n) is 5.89. The molecule has 1 amide bonds. The van der Waals surface area contributed by atoms with Crippen LogP contribution in [-0.4, -0.2) is 31.0 Å². The third kappa shape index (κ3) is 3.01. The molecule has 3 aromatic rings. The summed E-state index contributed by atoms with van der Waals surface area (Å²) in [5, 5.41) is 6.30. The maximum atomic E-state index is 13.0. The molecular formula is C28H28N2O2. The Morgan fingerprint density at radius 2 is 1.91 bits per heavy atom. The molecule has 2 aliphatic heterocycles. The van der Waals surface area contributed by atoms with Crippen LogP contribution in [0, 0.1) is 5.92 Å². The van der Waals surface area contributed by atoms with Crippen LogP contribution in [0.5, 0.6) is 5.75 Å². The fourth-order valence-corrected chi connectivity index (χ4v) is 5.89. The van der Waals surface area contributed by atoms with Gasteiger partial charge in [0.05, 0.1) is 13.2 Å². The first-order valence-corrected chi connectivity index (χ1v) is 11.7. The van der Waals surface area contributed by atoms with Crippen molar-refractivity contribution in [3.8, 4) is 5.75 Å². The van der Waals surface area contributed by atoms with Crippen molar-refractivity contribution in [1.29, 1.82) is 0 Å². The molecule has 3 atom stereocenters. The van der Waals surface area contributed by atoms with E-state index in [2.05, 4.69) is 66.0 Å². The highest BCUT2D eigenvalue weighted by Crippen LogP contribution is 2.52. The van der Waals surface area contributed by atoms with Crippen LogP contribution in [0.3, 0.4) is 0 Å². The number of hydrogen-bond acceptors (Lipinski definition) is 3. The minimum atomic E-state index is 0.142. The Hall–Kier alpha value is -3.27. The van der Waals surface area contributed by atoms with Gasteiger partial charge in [0, 0.05) is 35.8 Å². The normalized spacial score (nSPS) is 23.7. The van der Waals surface area contributed by atoms with E-state index in [1.165, 1.54) is 21.9 Å². The van der Waals surface area contributed by atoms with Gasteiger partial charge in [-0.2, -0.15) is 0 Å². The Morgan fingerprint density at radius 1 is 1.06 bits per heavy atom. The van der Waals surface area contributed by atoms with Crippen molar-refractivity contribution in [2.24, 2.45) is 5.92 Å². The Labute approximate surface area is 188 Å². The lowest BCUT2D eigenvalue weighted by atomic mass is 9.75. The second-order valence-corrected chi connectivity index (χ2v) is 9.18.